The van der Waals surface area contributed by atoms with Crippen molar-refractivity contribution in [2.45, 2.75) is 6.42 Å². The Hall–Kier alpha value is -2.14. The molecule has 0 spiro atoms. The van der Waals surface area contributed by atoms with Crippen LogP contribution in [0.5, 0.6) is 0 Å². The van der Waals surface area contributed by atoms with Gasteiger partial charge >= 0.3 is 0 Å². The minimum absolute atomic E-state index is 0.0563. The van der Waals surface area contributed by atoms with Crippen molar-refractivity contribution in [1.29, 1.82) is 0 Å². The quantitative estimate of drug-likeness (QED) is 0.579. The molecule has 2 heterocycles. The third kappa shape index (κ3) is 2.00. The lowest BCUT2D eigenvalue weighted by atomic mass is 10.1. The zero-order valence-corrected chi connectivity index (χ0v) is 10.4. The molecule has 0 unspecified atom stereocenters. The number of nitrogen functional groups attached to an aromatic ring is 1. The van der Waals surface area contributed by atoms with Crippen LogP contribution < -0.4 is 5.73 Å². The number of aromatic nitrogens is 2. The summed E-state index contributed by atoms with van der Waals surface area (Å²) in [7, 11) is 0. The summed E-state index contributed by atoms with van der Waals surface area (Å²) in [5, 5.41) is 1.97. The number of nitrogens with zero attached hydrogens (tertiary/aromatic N) is 2. The summed E-state index contributed by atoms with van der Waals surface area (Å²) < 4.78 is 1.93. The number of hydrogen-bond acceptors (Lipinski definition) is 4. The van der Waals surface area contributed by atoms with Crippen molar-refractivity contribution >= 4 is 27.8 Å². The predicted octanol–water partition coefficient (Wildman–Crippen LogP) is 2.40. The molecule has 18 heavy (non-hydrogen) atoms. The Kier molecular flexibility index (Phi) is 2.60. The van der Waals surface area contributed by atoms with E-state index in [4.69, 9.17) is 5.73 Å². The standard InChI is InChI=1S/C13H11N3OS/c14-10-3-1-9(2-4-10)12(17)7-11-8-16-5-6-18-13(16)15-11/h1-6,8H,7,14H2. The molecule has 4 nitrogen and oxygen atoms in total. The summed E-state index contributed by atoms with van der Waals surface area (Å²) in [5.74, 6) is 0.0563. The monoisotopic (exact) mass is 257 g/mol. The van der Waals surface area contributed by atoms with E-state index in [1.807, 2.05) is 22.2 Å². The van der Waals surface area contributed by atoms with Crippen molar-refractivity contribution in [3.8, 4) is 0 Å². The fourth-order valence-corrected chi connectivity index (χ4v) is 2.52. The first-order valence-electron chi connectivity index (χ1n) is 5.52. The smallest absolute Gasteiger partial charge is 0.193 e. The van der Waals surface area contributed by atoms with Gasteiger partial charge in [-0.25, -0.2) is 4.98 Å². The average molecular weight is 257 g/mol. The van der Waals surface area contributed by atoms with E-state index in [0.717, 1.165) is 10.7 Å². The van der Waals surface area contributed by atoms with E-state index < -0.39 is 0 Å². The summed E-state index contributed by atoms with van der Waals surface area (Å²) >= 11 is 1.56. The Morgan fingerprint density at radius 2 is 2.11 bits per heavy atom. The number of anilines is 1. The van der Waals surface area contributed by atoms with Gasteiger partial charge in [-0.2, -0.15) is 0 Å². The van der Waals surface area contributed by atoms with Gasteiger partial charge in [-0.15, -0.1) is 11.3 Å². The van der Waals surface area contributed by atoms with Crippen molar-refractivity contribution in [2.24, 2.45) is 0 Å². The first-order valence-corrected chi connectivity index (χ1v) is 6.40. The highest BCUT2D eigenvalue weighted by atomic mass is 32.1. The topological polar surface area (TPSA) is 60.4 Å². The lowest BCUT2D eigenvalue weighted by Crippen LogP contribution is -2.03. The number of nitrogens with two attached hydrogens (primary N) is 1. The maximum Gasteiger partial charge on any atom is 0.193 e. The van der Waals surface area contributed by atoms with Gasteiger partial charge in [-0.1, -0.05) is 0 Å². The SMILES string of the molecule is Nc1ccc(C(=O)Cc2cn3ccsc3n2)cc1. The Morgan fingerprint density at radius 1 is 1.33 bits per heavy atom. The molecule has 0 radical (unpaired) electrons. The first-order chi connectivity index (χ1) is 8.72. The van der Waals surface area contributed by atoms with Crippen LogP contribution in [0.1, 0.15) is 16.1 Å². The molecule has 1 aromatic carbocycles. The van der Waals surface area contributed by atoms with Gasteiger partial charge in [0.15, 0.2) is 10.7 Å². The number of Topliss-reactive ketones (excluding diaryl/α,β-unsaturated/α-hetero) is 1. The molecule has 2 aromatic heterocycles. The van der Waals surface area contributed by atoms with Gasteiger partial charge < -0.3 is 5.73 Å². The third-order valence-electron chi connectivity index (χ3n) is 2.72. The molecular weight excluding hydrogens is 246 g/mol. The number of fused-ring (bicyclic) bond motifs is 1. The molecule has 2 N–H and O–H groups in total. The van der Waals surface area contributed by atoms with Crippen LogP contribution in [0, 0.1) is 0 Å². The number of carbonyl (C=O) groups is 1. The molecule has 3 aromatic rings. The van der Waals surface area contributed by atoms with Crippen molar-refractivity contribution < 1.29 is 4.79 Å². The van der Waals surface area contributed by atoms with Crippen LogP contribution in [0.3, 0.4) is 0 Å². The molecule has 90 valence electrons. The summed E-state index contributed by atoms with van der Waals surface area (Å²) in [4.78, 5) is 17.3. The van der Waals surface area contributed by atoms with Crippen LogP contribution in [0.4, 0.5) is 5.69 Å². The van der Waals surface area contributed by atoms with E-state index in [9.17, 15) is 4.79 Å². The van der Waals surface area contributed by atoms with E-state index in [-0.39, 0.29) is 5.78 Å². The van der Waals surface area contributed by atoms with Gasteiger partial charge in [-0.3, -0.25) is 9.20 Å². The number of ketones is 1. The number of thiazole rings is 1. The molecule has 0 aliphatic rings. The molecule has 0 saturated carbocycles. The number of rotatable bonds is 3. The van der Waals surface area contributed by atoms with Crippen molar-refractivity contribution in [3.05, 3.63) is 53.3 Å². The van der Waals surface area contributed by atoms with Crippen LogP contribution in [0.25, 0.3) is 4.96 Å². The van der Waals surface area contributed by atoms with Crippen LogP contribution in [-0.2, 0) is 6.42 Å². The number of imidazole rings is 1. The Morgan fingerprint density at radius 3 is 2.83 bits per heavy atom. The molecule has 0 bridgehead atoms. The van der Waals surface area contributed by atoms with Gasteiger partial charge in [0.2, 0.25) is 0 Å². The molecule has 0 atom stereocenters. The molecule has 0 aliphatic heterocycles. The van der Waals surface area contributed by atoms with Gasteiger partial charge in [0.1, 0.15) is 0 Å². The zero-order valence-electron chi connectivity index (χ0n) is 9.54. The second-order valence-corrected chi connectivity index (χ2v) is 4.92. The van der Waals surface area contributed by atoms with Gasteiger partial charge in [-0.05, 0) is 24.3 Å². The van der Waals surface area contributed by atoms with Crippen LogP contribution in [0.2, 0.25) is 0 Å². The normalized spacial score (nSPS) is 10.9. The van der Waals surface area contributed by atoms with Crippen LogP contribution in [0.15, 0.2) is 42.0 Å². The van der Waals surface area contributed by atoms with Crippen molar-refractivity contribution in [3.63, 3.8) is 0 Å². The summed E-state index contributed by atoms with van der Waals surface area (Å²) in [5.41, 5.74) is 7.71. The molecule has 0 aliphatic carbocycles. The van der Waals surface area contributed by atoms with Crippen molar-refractivity contribution in [1.82, 2.24) is 9.38 Å². The second kappa shape index (κ2) is 4.27. The largest absolute Gasteiger partial charge is 0.399 e. The summed E-state index contributed by atoms with van der Waals surface area (Å²) in [6.45, 7) is 0. The Labute approximate surface area is 108 Å². The molecular formula is C13H11N3OS. The van der Waals surface area contributed by atoms with Crippen molar-refractivity contribution in [2.75, 3.05) is 5.73 Å². The molecule has 0 amide bonds. The summed E-state index contributed by atoms with van der Waals surface area (Å²) in [6, 6.07) is 6.96. The van der Waals surface area contributed by atoms with E-state index in [2.05, 4.69) is 4.98 Å². The van der Waals surface area contributed by atoms with Gasteiger partial charge in [0.25, 0.3) is 0 Å². The maximum absolute atomic E-state index is 12.0. The Balaban J connectivity index is 1.82. The first kappa shape index (κ1) is 11.0. The fourth-order valence-electron chi connectivity index (χ4n) is 1.80. The molecule has 0 saturated heterocycles. The van der Waals surface area contributed by atoms with Gasteiger partial charge in [0.05, 0.1) is 12.1 Å². The third-order valence-corrected chi connectivity index (χ3v) is 3.49. The van der Waals surface area contributed by atoms with Crippen LogP contribution in [-0.4, -0.2) is 15.2 Å². The predicted molar refractivity (Wildman–Crippen MR) is 72.0 cm³/mol. The molecule has 5 heteroatoms. The fraction of sp³-hybridized carbons (Fsp3) is 0.0769. The second-order valence-electron chi connectivity index (χ2n) is 4.05. The van der Waals surface area contributed by atoms with E-state index in [1.54, 1.807) is 35.6 Å². The minimum atomic E-state index is 0.0563. The van der Waals surface area contributed by atoms with E-state index >= 15 is 0 Å². The minimum Gasteiger partial charge on any atom is -0.399 e. The van der Waals surface area contributed by atoms with Gasteiger partial charge in [0, 0.05) is 29.0 Å². The average Bonchev–Trinajstić information content (AvgIpc) is 2.90. The zero-order chi connectivity index (χ0) is 12.5. The molecule has 3 rings (SSSR count). The Bertz CT molecular complexity index is 668. The maximum atomic E-state index is 12.0. The number of benzene rings is 1. The molecule has 0 fully saturated rings. The lowest BCUT2D eigenvalue weighted by molar-refractivity contribution is 0.0992. The van der Waals surface area contributed by atoms with Crippen LogP contribution >= 0.6 is 11.3 Å². The van der Waals surface area contributed by atoms with E-state index in [1.165, 1.54) is 0 Å². The highest BCUT2D eigenvalue weighted by molar-refractivity contribution is 7.15. The lowest BCUT2D eigenvalue weighted by Gasteiger charge is -1.99. The van der Waals surface area contributed by atoms with E-state index in [0.29, 0.717) is 17.7 Å². The number of carbonyl (C=O) groups excluding carboxylic acids is 1. The summed E-state index contributed by atoms with van der Waals surface area (Å²) in [6.07, 6.45) is 4.14. The highest BCUT2D eigenvalue weighted by Crippen LogP contribution is 2.14. The highest BCUT2D eigenvalue weighted by Gasteiger charge is 2.10. The number of hydrogen-bond donors (Lipinski definition) is 1.